The molecule has 16 heavy (non-hydrogen) atoms. The van der Waals surface area contributed by atoms with E-state index in [0.29, 0.717) is 0 Å². The molecule has 1 aliphatic carbocycles. The molecule has 0 saturated carbocycles. The Hall–Kier alpha value is -1.26. The number of fused-ring (bicyclic) bond motifs is 1. The van der Waals surface area contributed by atoms with Gasteiger partial charge >= 0.3 is 0 Å². The van der Waals surface area contributed by atoms with Gasteiger partial charge in [0.05, 0.1) is 0 Å². The minimum atomic E-state index is 0.840. The summed E-state index contributed by atoms with van der Waals surface area (Å²) in [7, 11) is 0.840. The van der Waals surface area contributed by atoms with Crippen molar-refractivity contribution in [3.63, 3.8) is 0 Å². The Morgan fingerprint density at radius 3 is 2.38 bits per heavy atom. The Bertz CT molecular complexity index is 573. The molecule has 1 aromatic heterocycles. The van der Waals surface area contributed by atoms with E-state index in [1.807, 2.05) is 0 Å². The van der Waals surface area contributed by atoms with E-state index in [0.717, 1.165) is 8.19 Å². The molecule has 2 aromatic rings. The fraction of sp³-hybridized carbons (Fsp3) is 0.133. The summed E-state index contributed by atoms with van der Waals surface area (Å²) in [6.45, 7) is 4.44. The van der Waals surface area contributed by atoms with E-state index in [-0.39, 0.29) is 0 Å². The van der Waals surface area contributed by atoms with Crippen molar-refractivity contribution in [3.05, 3.63) is 64.0 Å². The van der Waals surface area contributed by atoms with Crippen molar-refractivity contribution in [3.8, 4) is 0 Å². The van der Waals surface area contributed by atoms with Crippen molar-refractivity contribution < 1.29 is 0 Å². The van der Waals surface area contributed by atoms with E-state index in [2.05, 4.69) is 56.4 Å². The number of rotatable bonds is 1. The first-order valence-corrected chi connectivity index (χ1v) is 6.64. The Morgan fingerprint density at radius 1 is 1.00 bits per heavy atom. The van der Waals surface area contributed by atoms with Crippen LogP contribution in [0.15, 0.2) is 30.1 Å². The van der Waals surface area contributed by atoms with E-state index in [1.54, 1.807) is 0 Å². The van der Waals surface area contributed by atoms with Gasteiger partial charge in [-0.15, -0.1) is 8.19 Å². The number of allylic oxidation sites excluding steroid dienone is 1. The summed E-state index contributed by atoms with van der Waals surface area (Å²) in [6, 6.07) is 8.59. The van der Waals surface area contributed by atoms with Gasteiger partial charge in [0, 0.05) is 6.42 Å². The predicted octanol–water partition coefficient (Wildman–Crippen LogP) is 4.44. The van der Waals surface area contributed by atoms with E-state index in [1.165, 1.54) is 33.1 Å². The number of aryl methyl sites for hydroxylation is 1. The fourth-order valence-electron chi connectivity index (χ4n) is 2.19. The summed E-state index contributed by atoms with van der Waals surface area (Å²) in [5.74, 6) is 2.35. The smallest absolute Gasteiger partial charge is 0.0215 e. The predicted molar refractivity (Wildman–Crippen MR) is 73.1 cm³/mol. The van der Waals surface area contributed by atoms with Crippen molar-refractivity contribution in [2.24, 2.45) is 0 Å². The molecular weight excluding hydrogens is 211 g/mol. The topological polar surface area (TPSA) is 0 Å². The largest absolute Gasteiger partial charge is 0.131 e. The molecule has 1 aliphatic rings. The molecule has 1 heteroatoms. The first-order valence-electron chi connectivity index (χ1n) is 5.56. The van der Waals surface area contributed by atoms with Gasteiger partial charge in [-0.3, -0.25) is 0 Å². The third-order valence-corrected chi connectivity index (χ3v) is 4.84. The maximum absolute atomic E-state index is 2.35. The molecule has 1 radical (unpaired) electrons. The Morgan fingerprint density at radius 2 is 1.75 bits per heavy atom. The molecule has 0 N–H and O–H groups in total. The zero-order chi connectivity index (χ0) is 11.1. The zero-order valence-electron chi connectivity index (χ0n) is 9.54. The molecule has 1 heterocycles. The quantitative estimate of drug-likeness (QED) is 0.673. The maximum Gasteiger partial charge on any atom is 0.0215 e. The van der Waals surface area contributed by atoms with Crippen LogP contribution in [0.2, 0.25) is 0 Å². The average molecular weight is 225 g/mol. The van der Waals surface area contributed by atoms with E-state index < -0.39 is 0 Å². The van der Waals surface area contributed by atoms with Gasteiger partial charge in [-0.25, -0.2) is 0 Å². The van der Waals surface area contributed by atoms with Crippen LogP contribution >= 0.6 is 8.19 Å². The van der Waals surface area contributed by atoms with E-state index in [4.69, 9.17) is 0 Å². The molecule has 0 aliphatic heterocycles. The lowest BCUT2D eigenvalue weighted by Crippen LogP contribution is -1.82. The van der Waals surface area contributed by atoms with Gasteiger partial charge in [0.25, 0.3) is 0 Å². The summed E-state index contributed by atoms with van der Waals surface area (Å²) in [4.78, 5) is 0. The van der Waals surface area contributed by atoms with Crippen molar-refractivity contribution in [1.82, 2.24) is 0 Å². The molecule has 0 fully saturated rings. The van der Waals surface area contributed by atoms with Crippen LogP contribution in [-0.2, 0) is 0 Å². The van der Waals surface area contributed by atoms with Crippen LogP contribution < -0.4 is 0 Å². The maximum atomic E-state index is 2.35. The Kier molecular flexibility index (Phi) is 2.26. The lowest BCUT2D eigenvalue weighted by molar-refractivity contribution is 1.39. The molecule has 0 nitrogen and oxygen atoms in total. The first-order chi connectivity index (χ1) is 7.75. The molecule has 1 unspecified atom stereocenters. The second kappa shape index (κ2) is 3.64. The van der Waals surface area contributed by atoms with Crippen molar-refractivity contribution >= 4 is 19.8 Å². The highest BCUT2D eigenvalue weighted by atomic mass is 31.0. The minimum absolute atomic E-state index is 0.840. The summed E-state index contributed by atoms with van der Waals surface area (Å²) in [5, 5.41) is 1.52. The lowest BCUT2D eigenvalue weighted by atomic mass is 10.1. The summed E-state index contributed by atoms with van der Waals surface area (Å²) < 4.78 is 0. The average Bonchev–Trinajstić information content (AvgIpc) is 2.84. The number of benzene rings is 1. The highest BCUT2D eigenvalue weighted by Crippen LogP contribution is 2.40. The second-order valence-electron chi connectivity index (χ2n) is 4.34. The highest BCUT2D eigenvalue weighted by Gasteiger charge is 2.16. The van der Waals surface area contributed by atoms with Crippen LogP contribution in [0, 0.1) is 20.3 Å². The van der Waals surface area contributed by atoms with Gasteiger partial charge < -0.3 is 0 Å². The molecule has 0 saturated heterocycles. The van der Waals surface area contributed by atoms with Crippen molar-refractivity contribution in [1.29, 1.82) is 0 Å². The zero-order valence-corrected chi connectivity index (χ0v) is 10.5. The molecule has 1 atom stereocenters. The van der Waals surface area contributed by atoms with Crippen LogP contribution in [0.1, 0.15) is 27.5 Å². The molecule has 0 amide bonds. The second-order valence-corrected chi connectivity index (χ2v) is 5.42. The Balaban J connectivity index is 2.05. The minimum Gasteiger partial charge on any atom is -0.131 e. The third kappa shape index (κ3) is 1.45. The molecule has 1 aromatic carbocycles. The SMILES string of the molecule is Cc1c[pH]c(C2=Cc3ccccc3[CH]2)c1C. The van der Waals surface area contributed by atoms with Gasteiger partial charge in [0.1, 0.15) is 0 Å². The monoisotopic (exact) mass is 225 g/mol. The van der Waals surface area contributed by atoms with Crippen LogP contribution in [0.25, 0.3) is 11.6 Å². The fourth-order valence-corrected chi connectivity index (χ4v) is 3.49. The standard InChI is InChI=1S/C15H14P/c1-10-9-16-15(11(10)2)14-7-12-5-3-4-6-13(12)8-14/h3-9,16H,1-2H3. The lowest BCUT2D eigenvalue weighted by Gasteiger charge is -2.01. The summed E-state index contributed by atoms with van der Waals surface area (Å²) in [6.07, 6.45) is 4.63. The summed E-state index contributed by atoms with van der Waals surface area (Å²) in [5.41, 5.74) is 7.02. The summed E-state index contributed by atoms with van der Waals surface area (Å²) >= 11 is 0. The van der Waals surface area contributed by atoms with Gasteiger partial charge in [-0.05, 0) is 58.8 Å². The van der Waals surface area contributed by atoms with Crippen molar-refractivity contribution in [2.75, 3.05) is 0 Å². The van der Waals surface area contributed by atoms with Crippen LogP contribution in [0.4, 0.5) is 0 Å². The van der Waals surface area contributed by atoms with Gasteiger partial charge in [-0.1, -0.05) is 24.3 Å². The molecule has 0 bridgehead atoms. The van der Waals surface area contributed by atoms with E-state index >= 15 is 0 Å². The van der Waals surface area contributed by atoms with Crippen LogP contribution in [0.5, 0.6) is 0 Å². The van der Waals surface area contributed by atoms with Gasteiger partial charge in [-0.2, -0.15) is 0 Å². The number of hydrogen-bond donors (Lipinski definition) is 0. The highest BCUT2D eigenvalue weighted by molar-refractivity contribution is 7.31. The third-order valence-electron chi connectivity index (χ3n) is 3.31. The molecule has 0 spiro atoms. The Labute approximate surface area is 98.1 Å². The molecule has 3 rings (SSSR count). The van der Waals surface area contributed by atoms with E-state index in [9.17, 15) is 0 Å². The number of hydrogen-bond acceptors (Lipinski definition) is 0. The van der Waals surface area contributed by atoms with Crippen LogP contribution in [-0.4, -0.2) is 0 Å². The van der Waals surface area contributed by atoms with Gasteiger partial charge in [0.2, 0.25) is 0 Å². The molecular formula is C15H14P. The normalized spacial score (nSPS) is 14.2. The first kappa shape index (κ1) is 9.93. The van der Waals surface area contributed by atoms with Crippen LogP contribution in [0.3, 0.4) is 0 Å². The molecule has 79 valence electrons. The van der Waals surface area contributed by atoms with Gasteiger partial charge in [0.15, 0.2) is 0 Å². The van der Waals surface area contributed by atoms with Crippen molar-refractivity contribution in [2.45, 2.75) is 13.8 Å².